The molecule has 0 amide bonds. The molecule has 0 aromatic carbocycles. The second-order valence-electron chi connectivity index (χ2n) is 5.28. The molecule has 3 heteroatoms. The lowest BCUT2D eigenvalue weighted by Gasteiger charge is -2.49. The number of nitrogens with two attached hydrogens (primary N) is 1. The van der Waals surface area contributed by atoms with E-state index in [1.807, 2.05) is 6.92 Å². The third-order valence-corrected chi connectivity index (χ3v) is 4.55. The number of likely N-dealkylation sites (N-methyl/N-ethyl adjacent to an activating group) is 1. The van der Waals surface area contributed by atoms with Gasteiger partial charge < -0.3 is 10.5 Å². The molecule has 1 rings (SSSR count). The summed E-state index contributed by atoms with van der Waals surface area (Å²) in [6.45, 7) is 7.77. The average Bonchev–Trinajstić information content (AvgIpc) is 2.38. The van der Waals surface area contributed by atoms with E-state index in [9.17, 15) is 0 Å². The van der Waals surface area contributed by atoms with Crippen LogP contribution in [0.1, 0.15) is 46.0 Å². The summed E-state index contributed by atoms with van der Waals surface area (Å²) in [6, 6.07) is 0. The fraction of sp³-hybridized carbons (Fsp3) is 1.00. The van der Waals surface area contributed by atoms with Gasteiger partial charge in [-0.2, -0.15) is 0 Å². The zero-order valence-electron chi connectivity index (χ0n) is 11.9. The molecule has 2 N–H and O–H groups in total. The predicted molar refractivity (Wildman–Crippen MR) is 73.2 cm³/mol. The largest absolute Gasteiger partial charge is 0.380 e. The van der Waals surface area contributed by atoms with E-state index in [2.05, 4.69) is 18.9 Å². The van der Waals surface area contributed by atoms with Gasteiger partial charge in [0.1, 0.15) is 0 Å². The first-order chi connectivity index (χ1) is 8.21. The Labute approximate surface area is 107 Å². The summed E-state index contributed by atoms with van der Waals surface area (Å²) in [6.07, 6.45) is 6.54. The standard InChI is InChI=1S/C14H30N2O/c1-4-13-8-6-7-9-14(13,12-15)16(3)10-11-17-5-2/h13H,4-12,15H2,1-3H3. The van der Waals surface area contributed by atoms with Gasteiger partial charge in [0, 0.05) is 25.2 Å². The van der Waals surface area contributed by atoms with E-state index >= 15 is 0 Å². The van der Waals surface area contributed by atoms with Crippen molar-refractivity contribution in [1.82, 2.24) is 4.90 Å². The van der Waals surface area contributed by atoms with Crippen LogP contribution in [-0.4, -0.2) is 43.8 Å². The minimum Gasteiger partial charge on any atom is -0.380 e. The van der Waals surface area contributed by atoms with Crippen molar-refractivity contribution in [3.63, 3.8) is 0 Å². The summed E-state index contributed by atoms with van der Waals surface area (Å²) in [5.41, 5.74) is 6.35. The molecule has 0 saturated heterocycles. The van der Waals surface area contributed by atoms with Crippen LogP contribution in [0.5, 0.6) is 0 Å². The second-order valence-corrected chi connectivity index (χ2v) is 5.28. The molecule has 3 nitrogen and oxygen atoms in total. The fourth-order valence-electron chi connectivity index (χ4n) is 3.37. The molecule has 1 fully saturated rings. The molecule has 0 spiro atoms. The molecule has 0 radical (unpaired) electrons. The van der Waals surface area contributed by atoms with Gasteiger partial charge in [0.15, 0.2) is 0 Å². The highest BCUT2D eigenvalue weighted by molar-refractivity contribution is 4.98. The zero-order valence-corrected chi connectivity index (χ0v) is 11.9. The minimum atomic E-state index is 0.226. The highest BCUT2D eigenvalue weighted by Crippen LogP contribution is 2.39. The van der Waals surface area contributed by atoms with E-state index in [-0.39, 0.29) is 5.54 Å². The Morgan fingerprint density at radius 3 is 2.71 bits per heavy atom. The summed E-state index contributed by atoms with van der Waals surface area (Å²) in [5, 5.41) is 0. The maximum atomic E-state index is 6.13. The Morgan fingerprint density at radius 1 is 1.35 bits per heavy atom. The molecule has 1 saturated carbocycles. The molecule has 2 unspecified atom stereocenters. The number of hydrogen-bond donors (Lipinski definition) is 1. The summed E-state index contributed by atoms with van der Waals surface area (Å²) < 4.78 is 5.47. The molecule has 0 heterocycles. The summed E-state index contributed by atoms with van der Waals surface area (Å²) in [4.78, 5) is 2.47. The molecule has 102 valence electrons. The Morgan fingerprint density at radius 2 is 2.12 bits per heavy atom. The molecule has 0 aromatic heterocycles. The third-order valence-electron chi connectivity index (χ3n) is 4.55. The highest BCUT2D eigenvalue weighted by atomic mass is 16.5. The van der Waals surface area contributed by atoms with Crippen molar-refractivity contribution >= 4 is 0 Å². The monoisotopic (exact) mass is 242 g/mol. The van der Waals surface area contributed by atoms with Crippen molar-refractivity contribution in [1.29, 1.82) is 0 Å². The van der Waals surface area contributed by atoms with E-state index in [4.69, 9.17) is 10.5 Å². The predicted octanol–water partition coefficient (Wildman–Crippen LogP) is 2.25. The van der Waals surface area contributed by atoms with Gasteiger partial charge >= 0.3 is 0 Å². The van der Waals surface area contributed by atoms with Gasteiger partial charge in [-0.15, -0.1) is 0 Å². The maximum absolute atomic E-state index is 6.13. The first-order valence-electron chi connectivity index (χ1n) is 7.20. The molecular formula is C14H30N2O. The van der Waals surface area contributed by atoms with Crippen LogP contribution < -0.4 is 5.73 Å². The average molecular weight is 242 g/mol. The van der Waals surface area contributed by atoms with Crippen LogP contribution >= 0.6 is 0 Å². The van der Waals surface area contributed by atoms with Gasteiger partial charge in [0.2, 0.25) is 0 Å². The van der Waals surface area contributed by atoms with Crippen molar-refractivity contribution in [2.24, 2.45) is 11.7 Å². The van der Waals surface area contributed by atoms with Crippen LogP contribution in [0.15, 0.2) is 0 Å². The van der Waals surface area contributed by atoms with Gasteiger partial charge in [-0.25, -0.2) is 0 Å². The van der Waals surface area contributed by atoms with Crippen LogP contribution in [0.25, 0.3) is 0 Å². The van der Waals surface area contributed by atoms with Crippen LogP contribution in [0.4, 0.5) is 0 Å². The van der Waals surface area contributed by atoms with E-state index < -0.39 is 0 Å². The van der Waals surface area contributed by atoms with Crippen molar-refractivity contribution in [2.45, 2.75) is 51.5 Å². The van der Waals surface area contributed by atoms with Crippen molar-refractivity contribution in [2.75, 3.05) is 33.4 Å². The molecule has 1 aliphatic rings. The molecule has 17 heavy (non-hydrogen) atoms. The number of ether oxygens (including phenoxy) is 1. The topological polar surface area (TPSA) is 38.5 Å². The van der Waals surface area contributed by atoms with Gasteiger partial charge in [-0.05, 0) is 32.7 Å². The van der Waals surface area contributed by atoms with Crippen LogP contribution in [0, 0.1) is 5.92 Å². The molecule has 2 atom stereocenters. The second kappa shape index (κ2) is 7.34. The first-order valence-corrected chi connectivity index (χ1v) is 7.20. The highest BCUT2D eigenvalue weighted by Gasteiger charge is 2.41. The minimum absolute atomic E-state index is 0.226. The molecule has 1 aliphatic carbocycles. The quantitative estimate of drug-likeness (QED) is 0.696. The first kappa shape index (κ1) is 14.9. The molecule has 0 bridgehead atoms. The van der Waals surface area contributed by atoms with Crippen molar-refractivity contribution in [3.8, 4) is 0 Å². The van der Waals surface area contributed by atoms with E-state index in [1.54, 1.807) is 0 Å². The number of rotatable bonds is 7. The Balaban J connectivity index is 2.63. The van der Waals surface area contributed by atoms with Gasteiger partial charge in [-0.3, -0.25) is 4.90 Å². The fourth-order valence-corrected chi connectivity index (χ4v) is 3.37. The SMILES string of the molecule is CCOCCN(C)C1(CN)CCCCC1CC. The van der Waals surface area contributed by atoms with Crippen LogP contribution in [-0.2, 0) is 4.74 Å². The smallest absolute Gasteiger partial charge is 0.0593 e. The van der Waals surface area contributed by atoms with Gasteiger partial charge in [0.25, 0.3) is 0 Å². The van der Waals surface area contributed by atoms with Crippen molar-refractivity contribution in [3.05, 3.63) is 0 Å². The van der Waals surface area contributed by atoms with Crippen LogP contribution in [0.3, 0.4) is 0 Å². The lowest BCUT2D eigenvalue weighted by molar-refractivity contribution is 0.00354. The molecular weight excluding hydrogens is 212 g/mol. The Bertz CT molecular complexity index is 210. The Hall–Kier alpha value is -0.120. The zero-order chi connectivity index (χ0) is 12.7. The lowest BCUT2D eigenvalue weighted by Crippen LogP contribution is -2.59. The van der Waals surface area contributed by atoms with Gasteiger partial charge in [-0.1, -0.05) is 26.2 Å². The molecule has 0 aliphatic heterocycles. The van der Waals surface area contributed by atoms with E-state index in [1.165, 1.54) is 32.1 Å². The lowest BCUT2D eigenvalue weighted by atomic mass is 9.70. The van der Waals surface area contributed by atoms with E-state index in [0.29, 0.717) is 0 Å². The maximum Gasteiger partial charge on any atom is 0.0593 e. The normalized spacial score (nSPS) is 29.8. The summed E-state index contributed by atoms with van der Waals surface area (Å²) >= 11 is 0. The Kier molecular flexibility index (Phi) is 6.45. The third kappa shape index (κ3) is 3.43. The van der Waals surface area contributed by atoms with Gasteiger partial charge in [0.05, 0.1) is 6.61 Å². The van der Waals surface area contributed by atoms with Crippen LogP contribution in [0.2, 0.25) is 0 Å². The van der Waals surface area contributed by atoms with E-state index in [0.717, 1.165) is 32.2 Å². The number of hydrogen-bond acceptors (Lipinski definition) is 3. The van der Waals surface area contributed by atoms with Crippen molar-refractivity contribution < 1.29 is 4.74 Å². The molecule has 0 aromatic rings. The number of nitrogens with zero attached hydrogens (tertiary/aromatic N) is 1. The summed E-state index contributed by atoms with van der Waals surface area (Å²) in [5.74, 6) is 0.757. The summed E-state index contributed by atoms with van der Waals surface area (Å²) in [7, 11) is 2.22.